The highest BCUT2D eigenvalue weighted by Gasteiger charge is 2.25. The van der Waals surface area contributed by atoms with Crippen LogP contribution < -0.4 is 9.64 Å². The number of rotatable bonds is 10. The third-order valence-corrected chi connectivity index (χ3v) is 7.27. The number of anilines is 1. The lowest BCUT2D eigenvalue weighted by Crippen LogP contribution is -2.49. The summed E-state index contributed by atoms with van der Waals surface area (Å²) in [6.07, 6.45) is 4.22. The monoisotopic (exact) mass is 584 g/mol. The first-order valence-corrected chi connectivity index (χ1v) is 14.2. The minimum absolute atomic E-state index is 0.0985. The average molecular weight is 585 g/mol. The number of carboxylic acids is 1. The molecule has 41 heavy (non-hydrogen) atoms. The molecule has 0 spiro atoms. The summed E-state index contributed by atoms with van der Waals surface area (Å²) in [6, 6.07) is 7.43. The average Bonchev–Trinajstić information content (AvgIpc) is 3.33. The number of aliphatic carboxylic acids is 1. The van der Waals surface area contributed by atoms with Crippen molar-refractivity contribution < 1.29 is 29.0 Å². The number of halogens is 1. The molecule has 10 nitrogen and oxygen atoms in total. The largest absolute Gasteiger partial charge is 0.481 e. The molecule has 2 aromatic heterocycles. The number of piperazine rings is 1. The van der Waals surface area contributed by atoms with Crippen molar-refractivity contribution in [3.8, 4) is 17.0 Å². The van der Waals surface area contributed by atoms with Gasteiger partial charge in [-0.15, -0.1) is 0 Å². The van der Waals surface area contributed by atoms with Crippen molar-refractivity contribution >= 4 is 46.2 Å². The van der Waals surface area contributed by atoms with E-state index in [1.165, 1.54) is 0 Å². The van der Waals surface area contributed by atoms with Gasteiger partial charge in [0.05, 0.1) is 17.7 Å². The molecule has 0 unspecified atom stereocenters. The third kappa shape index (κ3) is 7.49. The van der Waals surface area contributed by atoms with Crippen LogP contribution in [0.25, 0.3) is 22.0 Å². The van der Waals surface area contributed by atoms with E-state index in [1.54, 1.807) is 19.4 Å². The topological polar surface area (TPSA) is 125 Å². The number of carbonyl (C=O) groups is 3. The number of ether oxygens (including phenoxy) is 2. The van der Waals surface area contributed by atoms with Crippen LogP contribution in [-0.2, 0) is 14.3 Å². The van der Waals surface area contributed by atoms with Gasteiger partial charge in [0, 0.05) is 67.2 Å². The van der Waals surface area contributed by atoms with Gasteiger partial charge in [0.1, 0.15) is 11.4 Å². The zero-order valence-corrected chi connectivity index (χ0v) is 24.7. The summed E-state index contributed by atoms with van der Waals surface area (Å²) in [7, 11) is 1.55. The van der Waals surface area contributed by atoms with Crippen molar-refractivity contribution in [2.24, 2.45) is 0 Å². The Morgan fingerprint density at radius 3 is 2.39 bits per heavy atom. The van der Waals surface area contributed by atoms with E-state index < -0.39 is 17.5 Å². The number of hydrogen-bond acceptors (Lipinski definition) is 7. The summed E-state index contributed by atoms with van der Waals surface area (Å²) in [6.45, 7) is 7.92. The number of amides is 1. The molecule has 0 atom stereocenters. The number of H-pyrrole nitrogens is 1. The number of aromatic amines is 1. The lowest BCUT2D eigenvalue weighted by atomic mass is 10.0. The first-order chi connectivity index (χ1) is 19.5. The van der Waals surface area contributed by atoms with Crippen molar-refractivity contribution in [3.05, 3.63) is 41.0 Å². The fraction of sp³-hybridized carbons (Fsp3) is 0.467. The molecule has 1 amide bonds. The van der Waals surface area contributed by atoms with Gasteiger partial charge < -0.3 is 29.4 Å². The van der Waals surface area contributed by atoms with Crippen LogP contribution in [0.3, 0.4) is 0 Å². The van der Waals surface area contributed by atoms with Gasteiger partial charge in [-0.3, -0.25) is 9.59 Å². The van der Waals surface area contributed by atoms with E-state index in [-0.39, 0.29) is 12.3 Å². The number of benzene rings is 1. The normalized spacial score (nSPS) is 13.9. The Hall–Kier alpha value is -3.79. The molecular formula is C30H37ClN4O6. The molecule has 1 saturated heterocycles. The second-order valence-corrected chi connectivity index (χ2v) is 11.5. The van der Waals surface area contributed by atoms with Crippen LogP contribution in [0.15, 0.2) is 30.5 Å². The van der Waals surface area contributed by atoms with Gasteiger partial charge in [-0.05, 0) is 57.9 Å². The zero-order chi connectivity index (χ0) is 29.7. The number of nitrogens with zero attached hydrogens (tertiary/aromatic N) is 3. The number of fused-ring (bicyclic) bond motifs is 1. The van der Waals surface area contributed by atoms with Crippen molar-refractivity contribution in [1.29, 1.82) is 0 Å². The first kappa shape index (κ1) is 30.2. The fourth-order valence-corrected chi connectivity index (χ4v) is 5.16. The SMILES string of the molecule is COc1nc(N2CCN(C(=O)CCCCCC(=O)O)CC2)ccc1-c1cc2c(C(=O)OC(C)(C)C)c[nH]c2cc1Cl. The molecule has 3 heterocycles. The Balaban J connectivity index is 1.46. The van der Waals surface area contributed by atoms with Gasteiger partial charge in [-0.25, -0.2) is 4.79 Å². The first-order valence-electron chi connectivity index (χ1n) is 13.8. The number of aromatic nitrogens is 2. The summed E-state index contributed by atoms with van der Waals surface area (Å²) in [5, 5.41) is 9.91. The maximum Gasteiger partial charge on any atom is 0.340 e. The van der Waals surface area contributed by atoms with E-state index in [0.717, 1.165) is 17.8 Å². The quantitative estimate of drug-likeness (QED) is 0.235. The Morgan fingerprint density at radius 2 is 1.73 bits per heavy atom. The maximum atomic E-state index is 12.8. The molecule has 1 aromatic carbocycles. The molecule has 3 aromatic rings. The highest BCUT2D eigenvalue weighted by atomic mass is 35.5. The molecule has 1 aliphatic rings. The maximum absolute atomic E-state index is 12.8. The molecule has 2 N–H and O–H groups in total. The lowest BCUT2D eigenvalue weighted by Gasteiger charge is -2.35. The molecule has 0 saturated carbocycles. The van der Waals surface area contributed by atoms with Gasteiger partial charge in [0.2, 0.25) is 11.8 Å². The number of esters is 1. The second kappa shape index (κ2) is 12.8. The van der Waals surface area contributed by atoms with Crippen LogP contribution in [0.4, 0.5) is 5.82 Å². The second-order valence-electron chi connectivity index (χ2n) is 11.1. The molecule has 11 heteroatoms. The highest BCUT2D eigenvalue weighted by molar-refractivity contribution is 6.34. The molecule has 0 radical (unpaired) electrons. The summed E-state index contributed by atoms with van der Waals surface area (Å²) in [4.78, 5) is 47.9. The van der Waals surface area contributed by atoms with Crippen LogP contribution in [0.1, 0.15) is 63.2 Å². The van der Waals surface area contributed by atoms with Crippen LogP contribution in [0.5, 0.6) is 5.88 Å². The zero-order valence-electron chi connectivity index (χ0n) is 24.0. The number of pyridine rings is 1. The number of nitrogens with one attached hydrogen (secondary N) is 1. The van der Waals surface area contributed by atoms with Gasteiger partial charge in [-0.1, -0.05) is 18.0 Å². The van der Waals surface area contributed by atoms with Crippen molar-refractivity contribution in [1.82, 2.24) is 14.9 Å². The van der Waals surface area contributed by atoms with Gasteiger partial charge in [-0.2, -0.15) is 4.98 Å². The molecule has 0 bridgehead atoms. The van der Waals surface area contributed by atoms with E-state index in [1.807, 2.05) is 43.9 Å². The summed E-state index contributed by atoms with van der Waals surface area (Å²) in [5.74, 6) is 0.00943. The summed E-state index contributed by atoms with van der Waals surface area (Å²) < 4.78 is 11.2. The van der Waals surface area contributed by atoms with Crippen molar-refractivity contribution in [2.75, 3.05) is 38.2 Å². The van der Waals surface area contributed by atoms with E-state index in [0.29, 0.717) is 78.4 Å². The number of carboxylic acid groups (broad SMARTS) is 1. The van der Waals surface area contributed by atoms with Crippen LogP contribution in [-0.4, -0.2) is 76.7 Å². The van der Waals surface area contributed by atoms with Crippen LogP contribution >= 0.6 is 11.6 Å². The number of methoxy groups -OCH3 is 1. The minimum atomic E-state index is -0.803. The molecule has 1 fully saturated rings. The molecule has 220 valence electrons. The predicted octanol–water partition coefficient (Wildman–Crippen LogP) is 5.53. The third-order valence-electron chi connectivity index (χ3n) is 6.95. The molecule has 1 aliphatic heterocycles. The molecule has 4 rings (SSSR count). The molecular weight excluding hydrogens is 548 g/mol. The predicted molar refractivity (Wildman–Crippen MR) is 158 cm³/mol. The molecule has 0 aliphatic carbocycles. The van der Waals surface area contributed by atoms with Crippen LogP contribution in [0, 0.1) is 0 Å². The van der Waals surface area contributed by atoms with E-state index in [2.05, 4.69) is 9.88 Å². The Bertz CT molecular complexity index is 1420. The number of hydrogen-bond donors (Lipinski definition) is 2. The lowest BCUT2D eigenvalue weighted by molar-refractivity contribution is -0.137. The standard InChI is InChI=1S/C30H37ClN4O6/c1-30(2,3)41-29(39)22-18-32-24-17-23(31)20(16-21(22)24)19-10-11-25(33-28(19)40-4)34-12-14-35(15-13-34)26(36)8-6-5-7-9-27(37)38/h10-11,16-18,32H,5-9,12-15H2,1-4H3,(H,37,38). The van der Waals surface area contributed by atoms with Gasteiger partial charge in [0.25, 0.3) is 0 Å². The Morgan fingerprint density at radius 1 is 1.02 bits per heavy atom. The van der Waals surface area contributed by atoms with E-state index in [9.17, 15) is 14.4 Å². The number of unbranched alkanes of at least 4 members (excludes halogenated alkanes) is 2. The van der Waals surface area contributed by atoms with E-state index >= 15 is 0 Å². The highest BCUT2D eigenvalue weighted by Crippen LogP contribution is 2.38. The smallest absolute Gasteiger partial charge is 0.340 e. The number of carbonyl (C=O) groups excluding carboxylic acids is 2. The minimum Gasteiger partial charge on any atom is -0.481 e. The Kier molecular flexibility index (Phi) is 9.42. The fourth-order valence-electron chi connectivity index (χ4n) is 4.89. The van der Waals surface area contributed by atoms with Crippen molar-refractivity contribution in [3.63, 3.8) is 0 Å². The van der Waals surface area contributed by atoms with Crippen LogP contribution in [0.2, 0.25) is 5.02 Å². The van der Waals surface area contributed by atoms with E-state index in [4.69, 9.17) is 31.2 Å². The Labute approximate surface area is 244 Å². The summed E-state index contributed by atoms with van der Waals surface area (Å²) >= 11 is 6.67. The summed E-state index contributed by atoms with van der Waals surface area (Å²) in [5.41, 5.74) is 1.88. The van der Waals surface area contributed by atoms with Gasteiger partial charge >= 0.3 is 11.9 Å². The van der Waals surface area contributed by atoms with Crippen molar-refractivity contribution in [2.45, 2.75) is 58.5 Å². The van der Waals surface area contributed by atoms with Gasteiger partial charge in [0.15, 0.2) is 0 Å².